The number of aromatic nitrogens is 2. The third kappa shape index (κ3) is 3.10. The van der Waals surface area contributed by atoms with Gasteiger partial charge in [0.1, 0.15) is 0 Å². The van der Waals surface area contributed by atoms with Gasteiger partial charge in [-0.25, -0.2) is 8.78 Å². The van der Waals surface area contributed by atoms with Crippen LogP contribution in [0.1, 0.15) is 43.7 Å². The van der Waals surface area contributed by atoms with E-state index in [2.05, 4.69) is 15.5 Å². The molecule has 6 heteroatoms. The molecule has 0 amide bonds. The zero-order valence-corrected chi connectivity index (χ0v) is 11.8. The molecule has 1 fully saturated rings. The molecule has 1 aromatic heterocycles. The largest absolute Gasteiger partial charge is 0.337 e. The zero-order chi connectivity index (χ0) is 14.9. The van der Waals surface area contributed by atoms with E-state index >= 15 is 0 Å². The van der Waals surface area contributed by atoms with Gasteiger partial charge in [0.15, 0.2) is 0 Å². The summed E-state index contributed by atoms with van der Waals surface area (Å²) >= 11 is 0. The highest BCUT2D eigenvalue weighted by molar-refractivity contribution is 5.55. The number of benzene rings is 1. The number of piperidine rings is 1. The van der Waals surface area contributed by atoms with Crippen LogP contribution in [0, 0.1) is 0 Å². The molecule has 0 aliphatic carbocycles. The van der Waals surface area contributed by atoms with E-state index in [4.69, 9.17) is 4.52 Å². The zero-order valence-electron chi connectivity index (χ0n) is 11.8. The fourth-order valence-corrected chi connectivity index (χ4v) is 2.49. The van der Waals surface area contributed by atoms with Gasteiger partial charge >= 0.3 is 0 Å². The van der Waals surface area contributed by atoms with Crippen molar-refractivity contribution in [3.63, 3.8) is 0 Å². The van der Waals surface area contributed by atoms with Gasteiger partial charge in [0.2, 0.25) is 11.7 Å². The number of hydrogen-bond donors (Lipinski definition) is 1. The SMILES string of the molecule is CC(F)(F)c1cccc(-c2noc([C@H]3CCCCN3)n2)c1. The van der Waals surface area contributed by atoms with Gasteiger partial charge in [-0.1, -0.05) is 29.8 Å². The highest BCUT2D eigenvalue weighted by Crippen LogP contribution is 2.30. The van der Waals surface area contributed by atoms with Crippen LogP contribution in [0.15, 0.2) is 28.8 Å². The Balaban J connectivity index is 1.86. The van der Waals surface area contributed by atoms with Crippen molar-refractivity contribution >= 4 is 0 Å². The van der Waals surface area contributed by atoms with Crippen LogP contribution in [-0.4, -0.2) is 16.7 Å². The lowest BCUT2D eigenvalue weighted by atomic mass is 10.0. The minimum Gasteiger partial charge on any atom is -0.337 e. The molecule has 0 saturated carbocycles. The van der Waals surface area contributed by atoms with Crippen LogP contribution >= 0.6 is 0 Å². The Hall–Kier alpha value is -1.82. The van der Waals surface area contributed by atoms with Crippen molar-refractivity contribution < 1.29 is 13.3 Å². The quantitative estimate of drug-likeness (QED) is 0.938. The smallest absolute Gasteiger partial charge is 0.270 e. The normalized spacial score (nSPS) is 19.7. The molecule has 112 valence electrons. The molecule has 1 aliphatic rings. The predicted octanol–water partition coefficient (Wildman–Crippen LogP) is 3.66. The van der Waals surface area contributed by atoms with Gasteiger partial charge < -0.3 is 9.84 Å². The van der Waals surface area contributed by atoms with Gasteiger partial charge in [0.05, 0.1) is 6.04 Å². The van der Waals surface area contributed by atoms with E-state index in [0.717, 1.165) is 32.7 Å². The van der Waals surface area contributed by atoms with Gasteiger partial charge in [0, 0.05) is 18.1 Å². The van der Waals surface area contributed by atoms with Crippen molar-refractivity contribution in [1.82, 2.24) is 15.5 Å². The maximum atomic E-state index is 13.4. The molecule has 0 radical (unpaired) electrons. The number of hydrogen-bond acceptors (Lipinski definition) is 4. The summed E-state index contributed by atoms with van der Waals surface area (Å²) in [6.07, 6.45) is 3.22. The van der Waals surface area contributed by atoms with E-state index in [9.17, 15) is 8.78 Å². The topological polar surface area (TPSA) is 51.0 Å². The summed E-state index contributed by atoms with van der Waals surface area (Å²) in [6.45, 7) is 1.81. The molecule has 0 spiro atoms. The van der Waals surface area contributed by atoms with Crippen LogP contribution in [0.4, 0.5) is 8.78 Å². The third-order valence-electron chi connectivity index (χ3n) is 3.68. The van der Waals surface area contributed by atoms with Crippen molar-refractivity contribution in [1.29, 1.82) is 0 Å². The lowest BCUT2D eigenvalue weighted by molar-refractivity contribution is 0.0175. The molecule has 1 saturated heterocycles. The minimum atomic E-state index is -2.88. The average Bonchev–Trinajstić information content (AvgIpc) is 2.97. The fourth-order valence-electron chi connectivity index (χ4n) is 2.49. The molecule has 1 aromatic carbocycles. The standard InChI is InChI=1S/C15H17F2N3O/c1-15(16,17)11-6-4-5-10(9-11)13-19-14(21-20-13)12-7-2-3-8-18-12/h4-6,9,12,18H,2-3,7-8H2,1H3/t12-/m1/s1. The van der Waals surface area contributed by atoms with Crippen molar-refractivity contribution in [3.05, 3.63) is 35.7 Å². The molecule has 4 nitrogen and oxygen atoms in total. The van der Waals surface area contributed by atoms with Gasteiger partial charge in [-0.2, -0.15) is 4.98 Å². The molecule has 3 rings (SSSR count). The van der Waals surface area contributed by atoms with Crippen LogP contribution in [0.25, 0.3) is 11.4 Å². The van der Waals surface area contributed by atoms with Crippen LogP contribution in [-0.2, 0) is 5.92 Å². The van der Waals surface area contributed by atoms with Gasteiger partial charge in [-0.3, -0.25) is 0 Å². The second-order valence-electron chi connectivity index (χ2n) is 5.43. The number of nitrogens with one attached hydrogen (secondary N) is 1. The summed E-state index contributed by atoms with van der Waals surface area (Å²) < 4.78 is 32.0. The van der Waals surface area contributed by atoms with E-state index in [-0.39, 0.29) is 11.6 Å². The first-order valence-electron chi connectivity index (χ1n) is 7.10. The van der Waals surface area contributed by atoms with Crippen LogP contribution < -0.4 is 5.32 Å². The Morgan fingerprint density at radius 3 is 2.90 bits per heavy atom. The van der Waals surface area contributed by atoms with E-state index in [1.807, 2.05) is 0 Å². The summed E-state index contributed by atoms with van der Waals surface area (Å²) in [7, 11) is 0. The van der Waals surface area contributed by atoms with E-state index in [1.165, 1.54) is 12.1 Å². The number of rotatable bonds is 3. The van der Waals surface area contributed by atoms with Crippen molar-refractivity contribution in [3.8, 4) is 11.4 Å². The van der Waals surface area contributed by atoms with Crippen LogP contribution in [0.2, 0.25) is 0 Å². The monoisotopic (exact) mass is 293 g/mol. The van der Waals surface area contributed by atoms with E-state index in [0.29, 0.717) is 17.3 Å². The molecule has 2 heterocycles. The first kappa shape index (κ1) is 14.1. The van der Waals surface area contributed by atoms with Gasteiger partial charge in [0.25, 0.3) is 5.92 Å². The Kier molecular flexibility index (Phi) is 3.71. The van der Waals surface area contributed by atoms with Gasteiger partial charge in [-0.05, 0) is 25.5 Å². The predicted molar refractivity (Wildman–Crippen MR) is 73.9 cm³/mol. The highest BCUT2D eigenvalue weighted by Gasteiger charge is 2.25. The van der Waals surface area contributed by atoms with E-state index < -0.39 is 5.92 Å². The Morgan fingerprint density at radius 2 is 2.19 bits per heavy atom. The Morgan fingerprint density at radius 1 is 1.33 bits per heavy atom. The number of halogens is 2. The number of alkyl halides is 2. The first-order chi connectivity index (χ1) is 10.0. The van der Waals surface area contributed by atoms with Crippen LogP contribution in [0.5, 0.6) is 0 Å². The molecule has 21 heavy (non-hydrogen) atoms. The van der Waals surface area contributed by atoms with Crippen LogP contribution in [0.3, 0.4) is 0 Å². The Labute approximate surface area is 121 Å². The maximum absolute atomic E-state index is 13.4. The second kappa shape index (κ2) is 5.52. The minimum absolute atomic E-state index is 0.0536. The highest BCUT2D eigenvalue weighted by atomic mass is 19.3. The van der Waals surface area contributed by atoms with Crippen molar-refractivity contribution in [2.45, 2.75) is 38.2 Å². The third-order valence-corrected chi connectivity index (χ3v) is 3.68. The fraction of sp³-hybridized carbons (Fsp3) is 0.467. The summed E-state index contributed by atoms with van der Waals surface area (Å²) in [5.41, 5.74) is 0.488. The van der Waals surface area contributed by atoms with Crippen molar-refractivity contribution in [2.75, 3.05) is 6.54 Å². The second-order valence-corrected chi connectivity index (χ2v) is 5.43. The molecule has 1 atom stereocenters. The molecule has 2 aromatic rings. The molecular weight excluding hydrogens is 276 g/mol. The molecular formula is C15H17F2N3O. The number of nitrogens with zero attached hydrogens (tertiary/aromatic N) is 2. The molecule has 0 unspecified atom stereocenters. The molecule has 0 bridgehead atoms. The van der Waals surface area contributed by atoms with Gasteiger partial charge in [-0.15, -0.1) is 0 Å². The van der Waals surface area contributed by atoms with E-state index in [1.54, 1.807) is 12.1 Å². The van der Waals surface area contributed by atoms with Crippen molar-refractivity contribution in [2.24, 2.45) is 0 Å². The lowest BCUT2D eigenvalue weighted by Gasteiger charge is -2.19. The Bertz CT molecular complexity index is 615. The molecule has 1 aliphatic heterocycles. The lowest BCUT2D eigenvalue weighted by Crippen LogP contribution is -2.26. The summed E-state index contributed by atoms with van der Waals surface area (Å²) in [5, 5.41) is 7.23. The average molecular weight is 293 g/mol. The first-order valence-corrected chi connectivity index (χ1v) is 7.10. The summed E-state index contributed by atoms with van der Waals surface area (Å²) in [6, 6.07) is 6.15. The summed E-state index contributed by atoms with van der Waals surface area (Å²) in [4.78, 5) is 4.34. The summed E-state index contributed by atoms with van der Waals surface area (Å²) in [5.74, 6) is -2.00. The maximum Gasteiger partial charge on any atom is 0.270 e. The molecule has 1 N–H and O–H groups in total.